The number of rotatable bonds is 5. The molecule has 0 saturated carbocycles. The van der Waals surface area contributed by atoms with Gasteiger partial charge in [-0.25, -0.2) is 5.43 Å². The van der Waals surface area contributed by atoms with Crippen LogP contribution in [0.1, 0.15) is 5.56 Å². The zero-order valence-corrected chi connectivity index (χ0v) is 13.6. The molecule has 0 saturated heterocycles. The van der Waals surface area contributed by atoms with Gasteiger partial charge in [0.1, 0.15) is 5.75 Å². The molecule has 2 aromatic rings. The molecule has 0 atom stereocenters. The van der Waals surface area contributed by atoms with Crippen molar-refractivity contribution in [1.82, 2.24) is 5.43 Å². The Morgan fingerprint density at radius 1 is 1.26 bits per heavy atom. The Bertz CT molecular complexity index is 749. The SMILES string of the molecule is O=C(COc1cccc(Br)c1)NN=Cc1ccc2c(c1)OCO2. The summed E-state index contributed by atoms with van der Waals surface area (Å²) in [5, 5.41) is 3.89. The number of fused-ring (bicyclic) bond motifs is 1. The van der Waals surface area contributed by atoms with E-state index in [-0.39, 0.29) is 19.3 Å². The average molecular weight is 377 g/mol. The molecule has 0 aromatic heterocycles. The van der Waals surface area contributed by atoms with E-state index in [9.17, 15) is 4.79 Å². The number of nitrogens with one attached hydrogen (secondary N) is 1. The number of benzene rings is 2. The molecule has 1 heterocycles. The molecule has 7 heteroatoms. The zero-order valence-electron chi connectivity index (χ0n) is 12.0. The molecule has 0 spiro atoms. The first-order valence-corrected chi connectivity index (χ1v) is 7.60. The second kappa shape index (κ2) is 7.15. The summed E-state index contributed by atoms with van der Waals surface area (Å²) in [5.41, 5.74) is 3.20. The number of carbonyl (C=O) groups excluding carboxylic acids is 1. The van der Waals surface area contributed by atoms with Gasteiger partial charge in [0.2, 0.25) is 6.79 Å². The predicted octanol–water partition coefficient (Wildman–Crippen LogP) is 2.71. The number of nitrogens with zero attached hydrogens (tertiary/aromatic N) is 1. The number of carbonyl (C=O) groups is 1. The van der Waals surface area contributed by atoms with Gasteiger partial charge in [0.15, 0.2) is 18.1 Å². The molecule has 0 bridgehead atoms. The second-order valence-electron chi connectivity index (χ2n) is 4.65. The van der Waals surface area contributed by atoms with Gasteiger partial charge < -0.3 is 14.2 Å². The average Bonchev–Trinajstić information content (AvgIpc) is 3.01. The summed E-state index contributed by atoms with van der Waals surface area (Å²) in [6.45, 7) is 0.106. The van der Waals surface area contributed by atoms with Gasteiger partial charge >= 0.3 is 0 Å². The molecule has 0 radical (unpaired) electrons. The van der Waals surface area contributed by atoms with Crippen LogP contribution < -0.4 is 19.6 Å². The molecule has 1 aliphatic rings. The number of amides is 1. The number of hydrazone groups is 1. The minimum absolute atomic E-state index is 0.116. The second-order valence-corrected chi connectivity index (χ2v) is 5.57. The lowest BCUT2D eigenvalue weighted by atomic mass is 10.2. The van der Waals surface area contributed by atoms with Crippen molar-refractivity contribution in [2.24, 2.45) is 5.10 Å². The molecule has 6 nitrogen and oxygen atoms in total. The summed E-state index contributed by atoms with van der Waals surface area (Å²) in [5.74, 6) is 1.63. The van der Waals surface area contributed by atoms with Crippen LogP contribution in [0.2, 0.25) is 0 Å². The molecule has 0 fully saturated rings. The third kappa shape index (κ3) is 4.23. The molecule has 0 unspecified atom stereocenters. The monoisotopic (exact) mass is 376 g/mol. The van der Waals surface area contributed by atoms with Crippen LogP contribution in [0.4, 0.5) is 0 Å². The van der Waals surface area contributed by atoms with Crippen LogP contribution >= 0.6 is 15.9 Å². The van der Waals surface area contributed by atoms with Crippen LogP contribution in [-0.4, -0.2) is 25.5 Å². The van der Waals surface area contributed by atoms with E-state index in [1.165, 1.54) is 6.21 Å². The van der Waals surface area contributed by atoms with Crippen LogP contribution in [0.5, 0.6) is 17.2 Å². The fraction of sp³-hybridized carbons (Fsp3) is 0.125. The van der Waals surface area contributed by atoms with Gasteiger partial charge in [0.25, 0.3) is 5.91 Å². The molecule has 23 heavy (non-hydrogen) atoms. The summed E-state index contributed by atoms with van der Waals surface area (Å²) in [6, 6.07) is 12.7. The van der Waals surface area contributed by atoms with Crippen molar-refractivity contribution in [3.8, 4) is 17.2 Å². The molecule has 0 aliphatic carbocycles. The molecule has 3 rings (SSSR count). The summed E-state index contributed by atoms with van der Waals surface area (Å²) in [6.07, 6.45) is 1.53. The fourth-order valence-electron chi connectivity index (χ4n) is 1.91. The standard InChI is InChI=1S/C16H13BrN2O4/c17-12-2-1-3-13(7-12)21-9-16(20)19-18-8-11-4-5-14-15(6-11)23-10-22-14/h1-8H,9-10H2,(H,19,20). The molecular weight excluding hydrogens is 364 g/mol. The van der Waals surface area contributed by atoms with Crippen LogP contribution in [0, 0.1) is 0 Å². The van der Waals surface area contributed by atoms with Crippen LogP contribution in [0.3, 0.4) is 0 Å². The van der Waals surface area contributed by atoms with Gasteiger partial charge in [-0.05, 0) is 42.0 Å². The number of hydrogen-bond donors (Lipinski definition) is 1. The topological polar surface area (TPSA) is 69.2 Å². The summed E-state index contributed by atoms with van der Waals surface area (Å²) < 4.78 is 16.7. The quantitative estimate of drug-likeness (QED) is 0.643. The Balaban J connectivity index is 1.48. The van der Waals surface area contributed by atoms with Gasteiger partial charge in [-0.1, -0.05) is 22.0 Å². The Morgan fingerprint density at radius 3 is 3.00 bits per heavy atom. The van der Waals surface area contributed by atoms with Crippen molar-refractivity contribution in [2.45, 2.75) is 0 Å². The van der Waals surface area contributed by atoms with Crippen LogP contribution in [-0.2, 0) is 4.79 Å². The molecule has 118 valence electrons. The van der Waals surface area contributed by atoms with Crippen molar-refractivity contribution >= 4 is 28.1 Å². The minimum Gasteiger partial charge on any atom is -0.484 e. The van der Waals surface area contributed by atoms with E-state index < -0.39 is 0 Å². The normalized spacial score (nSPS) is 12.4. The van der Waals surface area contributed by atoms with E-state index in [1.54, 1.807) is 24.3 Å². The highest BCUT2D eigenvalue weighted by atomic mass is 79.9. The first-order valence-electron chi connectivity index (χ1n) is 6.80. The molecular formula is C16H13BrN2O4. The fourth-order valence-corrected chi connectivity index (χ4v) is 2.29. The molecule has 1 N–H and O–H groups in total. The Morgan fingerprint density at radius 2 is 2.13 bits per heavy atom. The highest BCUT2D eigenvalue weighted by molar-refractivity contribution is 9.10. The van der Waals surface area contributed by atoms with Gasteiger partial charge in [0.05, 0.1) is 6.21 Å². The van der Waals surface area contributed by atoms with E-state index in [2.05, 4.69) is 26.5 Å². The summed E-state index contributed by atoms with van der Waals surface area (Å²) in [4.78, 5) is 11.7. The van der Waals surface area contributed by atoms with Gasteiger partial charge in [0, 0.05) is 4.47 Å². The van der Waals surface area contributed by atoms with Crippen molar-refractivity contribution in [3.05, 3.63) is 52.5 Å². The zero-order chi connectivity index (χ0) is 16.1. The van der Waals surface area contributed by atoms with Crippen molar-refractivity contribution in [2.75, 3.05) is 13.4 Å². The smallest absolute Gasteiger partial charge is 0.277 e. The molecule has 1 aliphatic heterocycles. The largest absolute Gasteiger partial charge is 0.484 e. The Hall–Kier alpha value is -2.54. The number of ether oxygens (including phenoxy) is 3. The van der Waals surface area contributed by atoms with E-state index in [0.717, 1.165) is 10.0 Å². The van der Waals surface area contributed by atoms with E-state index in [1.807, 2.05) is 18.2 Å². The van der Waals surface area contributed by atoms with E-state index in [4.69, 9.17) is 14.2 Å². The summed E-state index contributed by atoms with van der Waals surface area (Å²) in [7, 11) is 0. The predicted molar refractivity (Wildman–Crippen MR) is 87.9 cm³/mol. The Labute approximate surface area is 141 Å². The van der Waals surface area contributed by atoms with Crippen LogP contribution in [0.15, 0.2) is 52.0 Å². The number of hydrogen-bond acceptors (Lipinski definition) is 5. The maximum atomic E-state index is 11.7. The first-order chi connectivity index (χ1) is 11.2. The lowest BCUT2D eigenvalue weighted by Gasteiger charge is -2.05. The summed E-state index contributed by atoms with van der Waals surface area (Å²) >= 11 is 3.33. The maximum Gasteiger partial charge on any atom is 0.277 e. The van der Waals surface area contributed by atoms with E-state index >= 15 is 0 Å². The minimum atomic E-state index is -0.345. The first kappa shape index (κ1) is 15.4. The third-order valence-electron chi connectivity index (χ3n) is 2.97. The number of halogens is 1. The Kier molecular flexibility index (Phi) is 4.77. The van der Waals surface area contributed by atoms with Crippen LogP contribution in [0.25, 0.3) is 0 Å². The van der Waals surface area contributed by atoms with Gasteiger partial charge in [-0.2, -0.15) is 5.10 Å². The lowest BCUT2D eigenvalue weighted by molar-refractivity contribution is -0.123. The lowest BCUT2D eigenvalue weighted by Crippen LogP contribution is -2.24. The highest BCUT2D eigenvalue weighted by Gasteiger charge is 2.12. The van der Waals surface area contributed by atoms with Crippen molar-refractivity contribution in [1.29, 1.82) is 0 Å². The van der Waals surface area contributed by atoms with Crippen molar-refractivity contribution in [3.63, 3.8) is 0 Å². The maximum absolute atomic E-state index is 11.7. The van der Waals surface area contributed by atoms with Crippen molar-refractivity contribution < 1.29 is 19.0 Å². The molecule has 1 amide bonds. The van der Waals surface area contributed by atoms with E-state index in [0.29, 0.717) is 17.2 Å². The van der Waals surface area contributed by atoms with Gasteiger partial charge in [-0.3, -0.25) is 4.79 Å². The third-order valence-corrected chi connectivity index (χ3v) is 3.46. The molecule has 2 aromatic carbocycles. The van der Waals surface area contributed by atoms with Gasteiger partial charge in [-0.15, -0.1) is 0 Å². The highest BCUT2D eigenvalue weighted by Crippen LogP contribution is 2.31.